The second kappa shape index (κ2) is 7.58. The fraction of sp³-hybridized carbons (Fsp3) is 0.462. The van der Waals surface area contributed by atoms with Crippen LogP contribution in [0.2, 0.25) is 0 Å². The van der Waals surface area contributed by atoms with E-state index in [1.807, 2.05) is 0 Å². The van der Waals surface area contributed by atoms with Crippen LogP contribution in [0.25, 0.3) is 0 Å². The molecule has 0 aliphatic heterocycles. The summed E-state index contributed by atoms with van der Waals surface area (Å²) in [5.74, 6) is -0.389. The highest BCUT2D eigenvalue weighted by Crippen LogP contribution is 2.31. The number of halogens is 3. The maximum atomic E-state index is 13.2. The van der Waals surface area contributed by atoms with Gasteiger partial charge in [0.05, 0.1) is 31.5 Å². The Balaban J connectivity index is 2.18. The molecule has 0 unspecified atom stereocenters. The monoisotopic (exact) mass is 361 g/mol. The molecular weight excluding hydrogens is 348 g/mol. The summed E-state index contributed by atoms with van der Waals surface area (Å²) in [5.41, 5.74) is -0.683. The van der Waals surface area contributed by atoms with E-state index in [4.69, 9.17) is 21.1 Å². The lowest BCUT2D eigenvalue weighted by atomic mass is 10.1. The van der Waals surface area contributed by atoms with E-state index >= 15 is 0 Å². The Bertz CT molecular complexity index is 720. The number of rotatable bonds is 7. The molecule has 0 aliphatic rings. The van der Waals surface area contributed by atoms with Crippen LogP contribution in [-0.2, 0) is 35.1 Å². The maximum Gasteiger partial charge on any atom is 0.364 e. The van der Waals surface area contributed by atoms with E-state index in [2.05, 4.69) is 20.4 Å². The molecule has 2 aromatic heterocycles. The van der Waals surface area contributed by atoms with Crippen molar-refractivity contribution in [3.63, 3.8) is 0 Å². The fourth-order valence-electron chi connectivity index (χ4n) is 1.78. The molecule has 0 aliphatic carbocycles. The highest BCUT2D eigenvalue weighted by atomic mass is 35.5. The molecule has 2 rings (SSSR count). The minimum absolute atomic E-state index is 0.0184. The number of tetrazole rings is 1. The summed E-state index contributed by atoms with van der Waals surface area (Å²) in [6.07, 6.45) is 0. The van der Waals surface area contributed by atoms with Crippen LogP contribution >= 0.6 is 11.6 Å². The number of pyridine rings is 1. The van der Waals surface area contributed by atoms with Crippen molar-refractivity contribution in [1.29, 1.82) is 0 Å². The number of nitrogens with zero attached hydrogens (tertiary/aromatic N) is 5. The smallest absolute Gasteiger partial charge is 0.364 e. The van der Waals surface area contributed by atoms with Gasteiger partial charge in [-0.25, -0.2) is 9.78 Å². The number of alkyl halides is 3. The van der Waals surface area contributed by atoms with E-state index in [-0.39, 0.29) is 31.1 Å². The molecule has 0 atom stereocenters. The first-order valence-electron chi connectivity index (χ1n) is 6.86. The standard InChI is InChI=1S/C13H14ClF2N5O3/c1-3-24-12(22)8-4-5-10(13(14,15)16)17-9(8)6-23-7-11-18-20-21(2)19-11/h4-5H,3,6-7H2,1-2H3. The summed E-state index contributed by atoms with van der Waals surface area (Å²) >= 11 is 4.97. The van der Waals surface area contributed by atoms with Crippen molar-refractivity contribution in [2.24, 2.45) is 7.05 Å². The summed E-state index contributed by atoms with van der Waals surface area (Å²) in [6, 6.07) is 2.14. The van der Waals surface area contributed by atoms with Gasteiger partial charge in [-0.2, -0.15) is 13.6 Å². The zero-order chi connectivity index (χ0) is 17.7. The minimum Gasteiger partial charge on any atom is -0.462 e. The Labute approximate surface area is 140 Å². The van der Waals surface area contributed by atoms with E-state index in [0.29, 0.717) is 5.82 Å². The first-order chi connectivity index (χ1) is 11.3. The van der Waals surface area contributed by atoms with E-state index < -0.39 is 17.0 Å². The summed E-state index contributed by atoms with van der Waals surface area (Å²) < 4.78 is 36.6. The molecule has 0 fully saturated rings. The van der Waals surface area contributed by atoms with Crippen molar-refractivity contribution in [1.82, 2.24) is 25.2 Å². The molecular formula is C13H14ClF2N5O3. The average Bonchev–Trinajstić information content (AvgIpc) is 2.92. The topological polar surface area (TPSA) is 92.0 Å². The zero-order valence-electron chi connectivity index (χ0n) is 12.9. The number of aryl methyl sites for hydroxylation is 1. The lowest BCUT2D eigenvalue weighted by molar-refractivity contribution is 0.0510. The summed E-state index contributed by atoms with van der Waals surface area (Å²) in [4.78, 5) is 16.8. The van der Waals surface area contributed by atoms with Crippen LogP contribution in [0, 0.1) is 0 Å². The van der Waals surface area contributed by atoms with E-state index in [0.717, 1.165) is 6.07 Å². The van der Waals surface area contributed by atoms with Crippen LogP contribution in [0.3, 0.4) is 0 Å². The molecule has 2 aromatic rings. The van der Waals surface area contributed by atoms with E-state index in [9.17, 15) is 13.6 Å². The Morgan fingerprint density at radius 1 is 1.38 bits per heavy atom. The summed E-state index contributed by atoms with van der Waals surface area (Å²) in [7, 11) is 1.59. The van der Waals surface area contributed by atoms with Gasteiger partial charge in [0.2, 0.25) is 0 Å². The van der Waals surface area contributed by atoms with E-state index in [1.165, 1.54) is 10.9 Å². The average molecular weight is 362 g/mol. The maximum absolute atomic E-state index is 13.2. The largest absolute Gasteiger partial charge is 0.462 e. The number of hydrogen-bond acceptors (Lipinski definition) is 7. The third-order valence-electron chi connectivity index (χ3n) is 2.78. The Morgan fingerprint density at radius 2 is 2.12 bits per heavy atom. The second-order valence-corrected chi connectivity index (χ2v) is 5.07. The SMILES string of the molecule is CCOC(=O)c1ccc(C(F)(F)Cl)nc1COCc1nnn(C)n1. The Kier molecular flexibility index (Phi) is 5.73. The molecule has 0 amide bonds. The number of carbonyl (C=O) groups is 1. The molecule has 0 radical (unpaired) electrons. The third kappa shape index (κ3) is 4.65. The highest BCUT2D eigenvalue weighted by Gasteiger charge is 2.31. The van der Waals surface area contributed by atoms with Crippen LogP contribution in [0.15, 0.2) is 12.1 Å². The molecule has 0 spiro atoms. The van der Waals surface area contributed by atoms with Gasteiger partial charge < -0.3 is 9.47 Å². The molecule has 2 heterocycles. The summed E-state index contributed by atoms with van der Waals surface area (Å²) in [5, 5.41) is 7.59. The van der Waals surface area contributed by atoms with Crippen molar-refractivity contribution >= 4 is 17.6 Å². The van der Waals surface area contributed by atoms with Gasteiger partial charge in [0, 0.05) is 0 Å². The van der Waals surface area contributed by atoms with Crippen LogP contribution in [0.1, 0.15) is 34.5 Å². The molecule has 0 N–H and O–H groups in total. The van der Waals surface area contributed by atoms with Crippen molar-refractivity contribution in [3.05, 3.63) is 34.9 Å². The molecule has 8 nitrogen and oxygen atoms in total. The number of ether oxygens (including phenoxy) is 2. The number of esters is 1. The molecule has 0 bridgehead atoms. The summed E-state index contributed by atoms with van der Waals surface area (Å²) in [6.45, 7) is 1.51. The van der Waals surface area contributed by atoms with Crippen molar-refractivity contribution in [2.45, 2.75) is 25.5 Å². The number of hydrogen-bond donors (Lipinski definition) is 0. The lowest BCUT2D eigenvalue weighted by Crippen LogP contribution is -2.15. The molecule has 0 saturated heterocycles. The minimum atomic E-state index is -3.66. The van der Waals surface area contributed by atoms with Crippen LogP contribution < -0.4 is 0 Å². The van der Waals surface area contributed by atoms with Gasteiger partial charge >= 0.3 is 11.4 Å². The first-order valence-corrected chi connectivity index (χ1v) is 7.24. The lowest BCUT2D eigenvalue weighted by Gasteiger charge is -2.12. The third-order valence-corrected chi connectivity index (χ3v) is 2.97. The number of carbonyl (C=O) groups excluding carboxylic acids is 1. The van der Waals surface area contributed by atoms with Crippen LogP contribution in [0.4, 0.5) is 8.78 Å². The van der Waals surface area contributed by atoms with Crippen molar-refractivity contribution < 1.29 is 23.0 Å². The molecule has 0 aromatic carbocycles. The van der Waals surface area contributed by atoms with Gasteiger partial charge in [0.15, 0.2) is 5.82 Å². The van der Waals surface area contributed by atoms with Crippen molar-refractivity contribution in [3.8, 4) is 0 Å². The van der Waals surface area contributed by atoms with Gasteiger partial charge in [-0.05, 0) is 35.9 Å². The Morgan fingerprint density at radius 3 is 2.71 bits per heavy atom. The van der Waals surface area contributed by atoms with Crippen molar-refractivity contribution in [2.75, 3.05) is 6.61 Å². The van der Waals surface area contributed by atoms with Crippen LogP contribution in [-0.4, -0.2) is 37.8 Å². The zero-order valence-corrected chi connectivity index (χ0v) is 13.6. The quantitative estimate of drug-likeness (QED) is 0.548. The molecule has 130 valence electrons. The highest BCUT2D eigenvalue weighted by molar-refractivity contribution is 6.21. The Hall–Kier alpha value is -2.20. The fourth-order valence-corrected chi connectivity index (χ4v) is 1.89. The molecule has 11 heteroatoms. The predicted octanol–water partition coefficient (Wildman–Crippen LogP) is 1.79. The van der Waals surface area contributed by atoms with Crippen LogP contribution in [0.5, 0.6) is 0 Å². The van der Waals surface area contributed by atoms with E-state index in [1.54, 1.807) is 14.0 Å². The normalized spacial score (nSPS) is 11.5. The van der Waals surface area contributed by atoms with Gasteiger partial charge in [-0.3, -0.25) is 0 Å². The molecule has 0 saturated carbocycles. The van der Waals surface area contributed by atoms with Gasteiger partial charge in [0.1, 0.15) is 12.3 Å². The number of aromatic nitrogens is 5. The van der Waals surface area contributed by atoms with Gasteiger partial charge in [-0.15, -0.1) is 10.2 Å². The van der Waals surface area contributed by atoms with Gasteiger partial charge in [0.25, 0.3) is 0 Å². The van der Waals surface area contributed by atoms with Gasteiger partial charge in [-0.1, -0.05) is 0 Å². The predicted molar refractivity (Wildman–Crippen MR) is 77.2 cm³/mol. The first kappa shape index (κ1) is 18.1. The second-order valence-electron chi connectivity index (χ2n) is 4.60. The molecule has 24 heavy (non-hydrogen) atoms.